The summed E-state index contributed by atoms with van der Waals surface area (Å²) in [4.78, 5) is 51.2. The van der Waals surface area contributed by atoms with Gasteiger partial charge in [-0.2, -0.15) is 4.98 Å². The number of methoxy groups -OCH3 is 1. The van der Waals surface area contributed by atoms with Crippen LogP contribution >= 0.6 is 0 Å². The summed E-state index contributed by atoms with van der Waals surface area (Å²) in [5, 5.41) is 8.97. The Morgan fingerprint density at radius 2 is 1.64 bits per heavy atom. The predicted octanol–water partition coefficient (Wildman–Crippen LogP) is 4.06. The number of anilines is 4. The zero-order valence-electron chi connectivity index (χ0n) is 26.0. The number of carbonyl (C=O) groups excluding carboxylic acids is 3. The monoisotopic (exact) mass is 638 g/mol. The molecule has 3 heterocycles. The second-order valence-electron chi connectivity index (χ2n) is 11.6. The first kappa shape index (κ1) is 31.4. The number of fused-ring (bicyclic) bond motifs is 2. The van der Waals surface area contributed by atoms with Crippen molar-refractivity contribution in [1.82, 2.24) is 25.1 Å². The number of carbonyl (C=O) groups is 3. The van der Waals surface area contributed by atoms with E-state index >= 15 is 0 Å². The largest absolute Gasteiger partial charge is 0.495 e. The highest BCUT2D eigenvalue weighted by Crippen LogP contribution is 2.33. The number of amides is 3. The number of likely N-dealkylation sites (tertiary alicyclic amines) is 1. The van der Waals surface area contributed by atoms with E-state index < -0.39 is 5.91 Å². The first-order chi connectivity index (χ1) is 22.7. The molecule has 2 saturated heterocycles. The number of aromatic nitrogens is 2. The number of nitrogens with two attached hydrogens (primary N) is 1. The average molecular weight is 639 g/mol. The van der Waals surface area contributed by atoms with E-state index in [4.69, 9.17) is 10.5 Å². The molecule has 2 bridgehead atoms. The molecule has 3 amide bonds. The normalized spacial score (nSPS) is 17.2. The van der Waals surface area contributed by atoms with Crippen LogP contribution in [0, 0.1) is 5.82 Å². The lowest BCUT2D eigenvalue weighted by Crippen LogP contribution is -2.53. The van der Waals surface area contributed by atoms with Gasteiger partial charge in [0, 0.05) is 54.7 Å². The van der Waals surface area contributed by atoms with Crippen molar-refractivity contribution in [2.45, 2.75) is 31.5 Å². The van der Waals surface area contributed by atoms with Crippen molar-refractivity contribution in [2.75, 3.05) is 37.9 Å². The van der Waals surface area contributed by atoms with E-state index in [1.165, 1.54) is 25.4 Å². The van der Waals surface area contributed by atoms with E-state index in [2.05, 4.69) is 37.9 Å². The molecule has 5 N–H and O–H groups in total. The second kappa shape index (κ2) is 13.4. The molecule has 0 saturated carbocycles. The highest BCUT2D eigenvalue weighted by atomic mass is 19.1. The highest BCUT2D eigenvalue weighted by Gasteiger charge is 2.39. The predicted molar refractivity (Wildman–Crippen MR) is 175 cm³/mol. The molecule has 13 heteroatoms. The van der Waals surface area contributed by atoms with E-state index in [1.807, 2.05) is 4.90 Å². The van der Waals surface area contributed by atoms with Gasteiger partial charge in [0.05, 0.1) is 12.8 Å². The Labute approximate surface area is 271 Å². The quantitative estimate of drug-likeness (QED) is 0.201. The molecule has 6 rings (SSSR count). The molecule has 2 fully saturated rings. The Kier molecular flexibility index (Phi) is 8.98. The van der Waals surface area contributed by atoms with E-state index in [0.717, 1.165) is 18.4 Å². The molecule has 242 valence electrons. The zero-order chi connectivity index (χ0) is 33.1. The van der Waals surface area contributed by atoms with Gasteiger partial charge < -0.3 is 31.3 Å². The van der Waals surface area contributed by atoms with Gasteiger partial charge in [0.15, 0.2) is 0 Å². The van der Waals surface area contributed by atoms with Gasteiger partial charge in [0.25, 0.3) is 17.7 Å². The molecule has 47 heavy (non-hydrogen) atoms. The minimum Gasteiger partial charge on any atom is -0.495 e. The summed E-state index contributed by atoms with van der Waals surface area (Å²) in [6, 6.07) is 18.4. The Morgan fingerprint density at radius 3 is 2.30 bits per heavy atom. The summed E-state index contributed by atoms with van der Waals surface area (Å²) in [6.07, 6.45) is 3.50. The van der Waals surface area contributed by atoms with E-state index in [1.54, 1.807) is 54.6 Å². The van der Waals surface area contributed by atoms with Gasteiger partial charge in [0.1, 0.15) is 22.9 Å². The third kappa shape index (κ3) is 6.99. The fourth-order valence-corrected chi connectivity index (χ4v) is 5.96. The van der Waals surface area contributed by atoms with Gasteiger partial charge in [-0.15, -0.1) is 0 Å². The van der Waals surface area contributed by atoms with Crippen molar-refractivity contribution >= 4 is 40.9 Å². The SMILES string of the molecule is COc1cc(C(=O)N2CC3CCC(C2)N3C)ccc1Nc1nc(Nc2ccc(C(=O)NCc3ccc(F)cc3)cc2)ncc1C(N)=O. The number of halogens is 1. The van der Waals surface area contributed by atoms with Crippen molar-refractivity contribution in [1.29, 1.82) is 0 Å². The highest BCUT2D eigenvalue weighted by molar-refractivity contribution is 5.99. The van der Waals surface area contributed by atoms with Crippen LogP contribution in [-0.2, 0) is 6.54 Å². The van der Waals surface area contributed by atoms with Crippen LogP contribution in [0.25, 0.3) is 0 Å². The summed E-state index contributed by atoms with van der Waals surface area (Å²) >= 11 is 0. The first-order valence-electron chi connectivity index (χ1n) is 15.2. The number of hydrogen-bond acceptors (Lipinski definition) is 9. The minimum atomic E-state index is -0.731. The fourth-order valence-electron chi connectivity index (χ4n) is 5.96. The molecule has 4 aromatic rings. The van der Waals surface area contributed by atoms with Crippen LogP contribution in [0.5, 0.6) is 5.75 Å². The summed E-state index contributed by atoms with van der Waals surface area (Å²) in [7, 11) is 3.62. The van der Waals surface area contributed by atoms with Crippen LogP contribution in [0.1, 0.15) is 49.5 Å². The van der Waals surface area contributed by atoms with Crippen LogP contribution < -0.4 is 26.4 Å². The fraction of sp³-hybridized carbons (Fsp3) is 0.265. The third-order valence-corrected chi connectivity index (χ3v) is 8.66. The van der Waals surface area contributed by atoms with Crippen molar-refractivity contribution < 1.29 is 23.5 Å². The van der Waals surface area contributed by atoms with Crippen molar-refractivity contribution in [3.05, 3.63) is 101 Å². The maximum absolute atomic E-state index is 13.4. The van der Waals surface area contributed by atoms with Crippen LogP contribution in [0.3, 0.4) is 0 Å². The smallest absolute Gasteiger partial charge is 0.254 e. The van der Waals surface area contributed by atoms with Crippen LogP contribution in [0.4, 0.5) is 27.5 Å². The molecule has 2 atom stereocenters. The minimum absolute atomic E-state index is 0.0532. The Balaban J connectivity index is 1.14. The van der Waals surface area contributed by atoms with E-state index in [0.29, 0.717) is 53.4 Å². The Hall–Kier alpha value is -5.56. The number of ether oxygens (including phenoxy) is 1. The van der Waals surface area contributed by atoms with Crippen LogP contribution in [0.15, 0.2) is 72.9 Å². The number of piperazine rings is 1. The summed E-state index contributed by atoms with van der Waals surface area (Å²) in [5.41, 5.74) is 8.45. The van der Waals surface area contributed by atoms with E-state index in [-0.39, 0.29) is 41.5 Å². The topological polar surface area (TPSA) is 155 Å². The number of hydrogen-bond donors (Lipinski definition) is 4. The van der Waals surface area contributed by atoms with Gasteiger partial charge in [-0.25, -0.2) is 9.37 Å². The average Bonchev–Trinajstić information content (AvgIpc) is 3.26. The molecule has 1 aromatic heterocycles. The molecular weight excluding hydrogens is 603 g/mol. The zero-order valence-corrected chi connectivity index (χ0v) is 26.0. The molecule has 3 aromatic carbocycles. The molecule has 0 aliphatic carbocycles. The van der Waals surface area contributed by atoms with Gasteiger partial charge in [-0.3, -0.25) is 19.3 Å². The summed E-state index contributed by atoms with van der Waals surface area (Å²) in [6.45, 7) is 1.65. The van der Waals surface area contributed by atoms with Gasteiger partial charge in [0.2, 0.25) is 5.95 Å². The first-order valence-corrected chi connectivity index (χ1v) is 15.2. The maximum Gasteiger partial charge on any atom is 0.254 e. The molecule has 2 aliphatic heterocycles. The van der Waals surface area contributed by atoms with Gasteiger partial charge >= 0.3 is 0 Å². The van der Waals surface area contributed by atoms with Crippen molar-refractivity contribution in [3.63, 3.8) is 0 Å². The number of nitrogens with zero attached hydrogens (tertiary/aromatic N) is 4. The molecular formula is C34H35FN8O4. The Morgan fingerprint density at radius 1 is 0.957 bits per heavy atom. The molecule has 12 nitrogen and oxygen atoms in total. The molecule has 2 unspecified atom stereocenters. The van der Waals surface area contributed by atoms with E-state index in [9.17, 15) is 18.8 Å². The molecule has 2 aliphatic rings. The third-order valence-electron chi connectivity index (χ3n) is 8.66. The number of nitrogens with one attached hydrogen (secondary N) is 3. The second-order valence-corrected chi connectivity index (χ2v) is 11.6. The Bertz CT molecular complexity index is 1790. The van der Waals surface area contributed by atoms with Crippen LogP contribution in [-0.4, -0.2) is 76.8 Å². The summed E-state index contributed by atoms with van der Waals surface area (Å²) < 4.78 is 18.7. The molecule has 0 spiro atoms. The van der Waals surface area contributed by atoms with Crippen molar-refractivity contribution in [2.24, 2.45) is 5.73 Å². The number of primary amides is 1. The van der Waals surface area contributed by atoms with Crippen LogP contribution in [0.2, 0.25) is 0 Å². The summed E-state index contributed by atoms with van der Waals surface area (Å²) in [5.74, 6) is -0.709. The lowest BCUT2D eigenvalue weighted by Gasteiger charge is -2.39. The number of rotatable bonds is 10. The van der Waals surface area contributed by atoms with Gasteiger partial charge in [-0.1, -0.05) is 12.1 Å². The van der Waals surface area contributed by atoms with Crippen molar-refractivity contribution in [3.8, 4) is 5.75 Å². The standard InChI is InChI=1S/C34H35FN8O4/c1-42-25-12-13-26(42)19-43(18-25)33(46)22-7-14-28(29(15-22)47-2)40-31-27(30(36)44)17-38-34(41-31)39-24-10-5-21(6-11-24)32(45)37-16-20-3-8-23(35)9-4-20/h3-11,14-15,17,25-26H,12-13,16,18-19H2,1-2H3,(H2,36,44)(H,37,45)(H2,38,39,40,41). The number of benzene rings is 3. The number of likely N-dealkylation sites (N-methyl/N-ethyl adjacent to an activating group) is 1. The maximum atomic E-state index is 13.4. The molecule has 0 radical (unpaired) electrons. The van der Waals surface area contributed by atoms with Gasteiger partial charge in [-0.05, 0) is 80.1 Å². The lowest BCUT2D eigenvalue weighted by atomic mass is 10.1. The lowest BCUT2D eigenvalue weighted by molar-refractivity contribution is 0.0523.